The molecular weight excluding hydrogens is 436 g/mol. The fourth-order valence-electron chi connectivity index (χ4n) is 10.2. The van der Waals surface area contributed by atoms with E-state index < -0.39 is 41.2 Å². The van der Waals surface area contributed by atoms with Crippen LogP contribution in [0, 0.1) is 40.4 Å². The minimum atomic E-state index is -1.93. The Morgan fingerprint density at radius 2 is 1.71 bits per heavy atom. The molecule has 0 bridgehead atoms. The Hall–Kier alpha value is -0.540. The number of aliphatic hydroxyl groups is 5. The SMILES string of the molecule is C=C1CC[C@@]2(OC1)O[C@H]1C[C@H]3[C@@H]4C[C@@H](O)[C@]5(O)[C@@H](O)[C@@H](O)C[C@@H](O)[C@]5(C)[C@H]4CC[C@]3(C)[C@H]1[C@@H]2C. The monoisotopic (exact) mass is 478 g/mol. The van der Waals surface area contributed by atoms with Crippen LogP contribution in [0.1, 0.15) is 65.7 Å². The van der Waals surface area contributed by atoms with Crippen molar-refractivity contribution < 1.29 is 35.0 Å². The molecule has 0 radical (unpaired) electrons. The summed E-state index contributed by atoms with van der Waals surface area (Å²) in [6, 6.07) is 0. The quantitative estimate of drug-likeness (QED) is 0.337. The van der Waals surface area contributed by atoms with Gasteiger partial charge in [-0.3, -0.25) is 0 Å². The summed E-state index contributed by atoms with van der Waals surface area (Å²) in [5, 5.41) is 55.3. The second-order valence-electron chi connectivity index (χ2n) is 13.1. The molecule has 0 aromatic carbocycles. The molecule has 7 heteroatoms. The second kappa shape index (κ2) is 7.27. The van der Waals surface area contributed by atoms with E-state index in [-0.39, 0.29) is 35.7 Å². The van der Waals surface area contributed by atoms with Crippen molar-refractivity contribution in [3.8, 4) is 0 Å². The van der Waals surface area contributed by atoms with E-state index in [1.54, 1.807) is 0 Å². The van der Waals surface area contributed by atoms with Crippen LogP contribution in [0.2, 0.25) is 0 Å². The number of hydrogen-bond donors (Lipinski definition) is 5. The minimum Gasteiger partial charge on any atom is -0.392 e. The molecule has 1 spiro atoms. The van der Waals surface area contributed by atoms with Gasteiger partial charge in [-0.15, -0.1) is 0 Å². The molecule has 4 saturated carbocycles. The summed E-state index contributed by atoms with van der Waals surface area (Å²) in [6.07, 6.45) is -0.0298. The third kappa shape index (κ3) is 2.62. The highest BCUT2D eigenvalue weighted by molar-refractivity contribution is 5.23. The van der Waals surface area contributed by atoms with Gasteiger partial charge in [0.05, 0.1) is 31.0 Å². The average Bonchev–Trinajstić information content (AvgIpc) is 3.23. The molecule has 6 fully saturated rings. The molecule has 6 rings (SSSR count). The van der Waals surface area contributed by atoms with Crippen molar-refractivity contribution in [3.63, 3.8) is 0 Å². The molecular formula is C27H42O7. The van der Waals surface area contributed by atoms with Gasteiger partial charge in [-0.25, -0.2) is 0 Å². The number of ether oxygens (including phenoxy) is 2. The van der Waals surface area contributed by atoms with E-state index >= 15 is 0 Å². The van der Waals surface area contributed by atoms with Crippen molar-refractivity contribution >= 4 is 0 Å². The molecule has 0 aromatic heterocycles. The van der Waals surface area contributed by atoms with E-state index in [0.717, 1.165) is 37.7 Å². The summed E-state index contributed by atoms with van der Waals surface area (Å²) in [6.45, 7) is 11.1. The largest absolute Gasteiger partial charge is 0.392 e. The molecule has 5 N–H and O–H groups in total. The predicted octanol–water partition coefficient (Wildman–Crippen LogP) is 1.74. The Kier molecular flexibility index (Phi) is 5.10. The summed E-state index contributed by atoms with van der Waals surface area (Å²) in [5.41, 5.74) is -1.87. The highest BCUT2D eigenvalue weighted by atomic mass is 16.7. The second-order valence-corrected chi connectivity index (χ2v) is 13.1. The normalized spacial score (nSPS) is 63.2. The lowest BCUT2D eigenvalue weighted by Gasteiger charge is -2.67. The molecule has 2 heterocycles. The fraction of sp³-hybridized carbons (Fsp3) is 0.926. The molecule has 0 unspecified atom stereocenters. The highest BCUT2D eigenvalue weighted by Crippen LogP contribution is 2.71. The molecule has 4 aliphatic carbocycles. The number of rotatable bonds is 0. The lowest BCUT2D eigenvalue weighted by molar-refractivity contribution is -0.331. The van der Waals surface area contributed by atoms with Gasteiger partial charge in [0.2, 0.25) is 0 Å². The molecule has 7 nitrogen and oxygen atoms in total. The topological polar surface area (TPSA) is 120 Å². The van der Waals surface area contributed by atoms with Crippen LogP contribution in [0.4, 0.5) is 0 Å². The van der Waals surface area contributed by atoms with Gasteiger partial charge in [-0.2, -0.15) is 0 Å². The van der Waals surface area contributed by atoms with Gasteiger partial charge in [-0.1, -0.05) is 32.9 Å². The van der Waals surface area contributed by atoms with Crippen LogP contribution in [0.5, 0.6) is 0 Å². The van der Waals surface area contributed by atoms with E-state index in [1.165, 1.54) is 0 Å². The minimum absolute atomic E-state index is 0.00833. The van der Waals surface area contributed by atoms with E-state index in [9.17, 15) is 25.5 Å². The molecule has 34 heavy (non-hydrogen) atoms. The molecule has 192 valence electrons. The van der Waals surface area contributed by atoms with Gasteiger partial charge in [-0.05, 0) is 61.2 Å². The average molecular weight is 479 g/mol. The van der Waals surface area contributed by atoms with Gasteiger partial charge >= 0.3 is 0 Å². The van der Waals surface area contributed by atoms with Crippen LogP contribution in [0.3, 0.4) is 0 Å². The van der Waals surface area contributed by atoms with Gasteiger partial charge < -0.3 is 35.0 Å². The van der Waals surface area contributed by atoms with E-state index in [1.807, 2.05) is 6.92 Å². The summed E-state index contributed by atoms with van der Waals surface area (Å²) in [4.78, 5) is 0. The zero-order valence-corrected chi connectivity index (χ0v) is 20.7. The van der Waals surface area contributed by atoms with Gasteiger partial charge in [0.25, 0.3) is 0 Å². The highest BCUT2D eigenvalue weighted by Gasteiger charge is 2.75. The summed E-state index contributed by atoms with van der Waals surface area (Å²) in [7, 11) is 0. The third-order valence-corrected chi connectivity index (χ3v) is 12.1. The number of hydrogen-bond acceptors (Lipinski definition) is 7. The Bertz CT molecular complexity index is 867. The maximum Gasteiger partial charge on any atom is 0.172 e. The third-order valence-electron chi connectivity index (χ3n) is 12.1. The van der Waals surface area contributed by atoms with Crippen LogP contribution >= 0.6 is 0 Å². The fourth-order valence-corrected chi connectivity index (χ4v) is 10.2. The first-order chi connectivity index (χ1) is 15.9. The molecule has 6 aliphatic rings. The molecule has 2 aliphatic heterocycles. The van der Waals surface area contributed by atoms with Crippen molar-refractivity contribution in [1.82, 2.24) is 0 Å². The molecule has 0 amide bonds. The van der Waals surface area contributed by atoms with Crippen molar-refractivity contribution in [1.29, 1.82) is 0 Å². The Morgan fingerprint density at radius 1 is 0.971 bits per heavy atom. The number of aliphatic hydroxyl groups excluding tert-OH is 4. The van der Waals surface area contributed by atoms with Crippen molar-refractivity contribution in [3.05, 3.63) is 12.2 Å². The van der Waals surface area contributed by atoms with Crippen LogP contribution in [0.25, 0.3) is 0 Å². The maximum absolute atomic E-state index is 11.7. The zero-order valence-electron chi connectivity index (χ0n) is 20.7. The Morgan fingerprint density at radius 3 is 2.38 bits per heavy atom. The summed E-state index contributed by atoms with van der Waals surface area (Å²) in [5.74, 6) is 0.454. The Balaban J connectivity index is 1.33. The van der Waals surface area contributed by atoms with Gasteiger partial charge in [0.1, 0.15) is 11.7 Å². The summed E-state index contributed by atoms with van der Waals surface area (Å²) >= 11 is 0. The lowest BCUT2D eigenvalue weighted by atomic mass is 9.41. The van der Waals surface area contributed by atoms with Crippen molar-refractivity contribution in [2.45, 2.75) is 108 Å². The van der Waals surface area contributed by atoms with Crippen LogP contribution in [-0.4, -0.2) is 74.0 Å². The smallest absolute Gasteiger partial charge is 0.172 e. The zero-order chi connectivity index (χ0) is 24.4. The van der Waals surface area contributed by atoms with Crippen LogP contribution < -0.4 is 0 Å². The van der Waals surface area contributed by atoms with Crippen LogP contribution in [0.15, 0.2) is 12.2 Å². The first-order valence-corrected chi connectivity index (χ1v) is 13.3. The summed E-state index contributed by atoms with van der Waals surface area (Å²) < 4.78 is 13.0. The van der Waals surface area contributed by atoms with Gasteiger partial charge in [0, 0.05) is 24.2 Å². The van der Waals surface area contributed by atoms with E-state index in [0.29, 0.717) is 24.9 Å². The van der Waals surface area contributed by atoms with E-state index in [4.69, 9.17) is 9.47 Å². The molecule has 2 saturated heterocycles. The van der Waals surface area contributed by atoms with E-state index in [2.05, 4.69) is 20.4 Å². The predicted molar refractivity (Wildman–Crippen MR) is 123 cm³/mol. The molecule has 14 atom stereocenters. The Labute approximate surface area is 202 Å². The number of fused-ring (bicyclic) bond motifs is 7. The van der Waals surface area contributed by atoms with Crippen molar-refractivity contribution in [2.24, 2.45) is 40.4 Å². The first-order valence-electron chi connectivity index (χ1n) is 13.3. The van der Waals surface area contributed by atoms with Crippen LogP contribution in [-0.2, 0) is 9.47 Å². The van der Waals surface area contributed by atoms with Gasteiger partial charge in [0.15, 0.2) is 5.79 Å². The van der Waals surface area contributed by atoms with Crippen molar-refractivity contribution in [2.75, 3.05) is 6.61 Å². The maximum atomic E-state index is 11.7. The standard InChI is InChI=1S/C27H42O7/c1-13-5-8-26(33-12-13)14(2)22-19(34-26)10-17-15-9-21(30)27(32)23(31)18(28)11-20(29)25(27,4)16(15)6-7-24(17,22)3/h14-23,28-32H,1,5-12H2,2-4H3/t14-,15+,16-,17-,18-,19-,20+,21+,22-,23-,24-,25-,26+,27-/m0/s1. The first kappa shape index (κ1) is 23.8. The lowest BCUT2D eigenvalue weighted by Crippen LogP contribution is -2.78. The molecule has 0 aromatic rings.